The molecule has 1 aliphatic rings. The molecule has 2 heterocycles. The summed E-state index contributed by atoms with van der Waals surface area (Å²) in [5.74, 6) is -0.195. The van der Waals surface area contributed by atoms with Crippen LogP contribution in [0, 0.1) is 11.3 Å². The molecule has 1 amide bonds. The number of pyridine rings is 1. The zero-order chi connectivity index (χ0) is 13.5. The van der Waals surface area contributed by atoms with Crippen molar-refractivity contribution in [1.29, 1.82) is 5.26 Å². The third kappa shape index (κ3) is 3.90. The van der Waals surface area contributed by atoms with E-state index in [2.05, 4.69) is 21.7 Å². The van der Waals surface area contributed by atoms with E-state index in [-0.39, 0.29) is 5.91 Å². The van der Waals surface area contributed by atoms with Crippen LogP contribution >= 0.6 is 0 Å². The Labute approximate surface area is 112 Å². The number of carbonyl (C=O) groups excluding carboxylic acids is 1. The molecule has 0 radical (unpaired) electrons. The standard InChI is InChI=1S/C14H16N4O/c15-9-12-1-2-13(18-10-12)14(19)17-8-5-11-3-6-16-7-4-11/h1-3,10,16H,4-8H2,(H,17,19). The minimum Gasteiger partial charge on any atom is -0.350 e. The molecular weight excluding hydrogens is 240 g/mol. The minimum atomic E-state index is -0.195. The molecule has 0 fully saturated rings. The maximum atomic E-state index is 11.8. The first-order valence-electron chi connectivity index (χ1n) is 6.32. The van der Waals surface area contributed by atoms with Crippen molar-refractivity contribution in [3.63, 3.8) is 0 Å². The topological polar surface area (TPSA) is 77.8 Å². The summed E-state index contributed by atoms with van der Waals surface area (Å²) >= 11 is 0. The van der Waals surface area contributed by atoms with Crippen molar-refractivity contribution in [2.24, 2.45) is 0 Å². The van der Waals surface area contributed by atoms with Crippen LogP contribution in [0.2, 0.25) is 0 Å². The summed E-state index contributed by atoms with van der Waals surface area (Å²) in [6.07, 6.45) is 5.51. The molecule has 1 aromatic heterocycles. The van der Waals surface area contributed by atoms with Gasteiger partial charge in [-0.15, -0.1) is 0 Å². The largest absolute Gasteiger partial charge is 0.350 e. The molecule has 2 rings (SSSR count). The number of rotatable bonds is 4. The van der Waals surface area contributed by atoms with Gasteiger partial charge in [0.25, 0.3) is 5.91 Å². The molecule has 0 atom stereocenters. The first-order valence-corrected chi connectivity index (χ1v) is 6.32. The van der Waals surface area contributed by atoms with Crippen LogP contribution in [0.25, 0.3) is 0 Å². The molecule has 1 aliphatic heterocycles. The molecule has 0 saturated carbocycles. The molecule has 0 spiro atoms. The fourth-order valence-corrected chi connectivity index (χ4v) is 1.92. The van der Waals surface area contributed by atoms with E-state index in [9.17, 15) is 4.79 Å². The molecular formula is C14H16N4O. The average Bonchev–Trinajstić information content (AvgIpc) is 2.48. The second-order valence-corrected chi connectivity index (χ2v) is 4.37. The van der Waals surface area contributed by atoms with Crippen molar-refractivity contribution in [1.82, 2.24) is 15.6 Å². The van der Waals surface area contributed by atoms with E-state index in [1.165, 1.54) is 11.8 Å². The lowest BCUT2D eigenvalue weighted by atomic mass is 10.1. The summed E-state index contributed by atoms with van der Waals surface area (Å²) < 4.78 is 0. The first kappa shape index (κ1) is 13.2. The molecule has 0 unspecified atom stereocenters. The molecule has 0 aromatic carbocycles. The Balaban J connectivity index is 1.80. The normalized spacial score (nSPS) is 14.4. The number of nitriles is 1. The predicted molar refractivity (Wildman–Crippen MR) is 71.5 cm³/mol. The lowest BCUT2D eigenvalue weighted by Gasteiger charge is -2.14. The van der Waals surface area contributed by atoms with E-state index in [1.54, 1.807) is 12.1 Å². The molecule has 5 heteroatoms. The second kappa shape index (κ2) is 6.66. The van der Waals surface area contributed by atoms with Gasteiger partial charge in [0.05, 0.1) is 5.56 Å². The van der Waals surface area contributed by atoms with Gasteiger partial charge in [-0.2, -0.15) is 5.26 Å². The molecule has 0 aliphatic carbocycles. The van der Waals surface area contributed by atoms with Crippen LogP contribution < -0.4 is 10.6 Å². The zero-order valence-electron chi connectivity index (χ0n) is 10.6. The number of nitrogens with one attached hydrogen (secondary N) is 2. The quantitative estimate of drug-likeness (QED) is 0.788. The maximum absolute atomic E-state index is 11.8. The van der Waals surface area contributed by atoms with Gasteiger partial charge >= 0.3 is 0 Å². The number of carbonyl (C=O) groups is 1. The highest BCUT2D eigenvalue weighted by molar-refractivity contribution is 5.92. The Kier molecular flexibility index (Phi) is 4.65. The number of aromatic nitrogens is 1. The van der Waals surface area contributed by atoms with E-state index in [0.29, 0.717) is 17.8 Å². The van der Waals surface area contributed by atoms with Gasteiger partial charge in [-0.25, -0.2) is 4.98 Å². The highest BCUT2D eigenvalue weighted by Gasteiger charge is 2.07. The van der Waals surface area contributed by atoms with E-state index < -0.39 is 0 Å². The minimum absolute atomic E-state index is 0.195. The summed E-state index contributed by atoms with van der Waals surface area (Å²) in [7, 11) is 0. The lowest BCUT2D eigenvalue weighted by molar-refractivity contribution is 0.0949. The van der Waals surface area contributed by atoms with Gasteiger partial charge in [0.15, 0.2) is 0 Å². The molecule has 1 aromatic rings. The van der Waals surface area contributed by atoms with Gasteiger partial charge in [-0.1, -0.05) is 11.6 Å². The SMILES string of the molecule is N#Cc1ccc(C(=O)NCCC2=CCNCC2)nc1. The molecule has 2 N–H and O–H groups in total. The van der Waals surface area contributed by atoms with Crippen molar-refractivity contribution in [2.75, 3.05) is 19.6 Å². The van der Waals surface area contributed by atoms with Crippen LogP contribution in [-0.2, 0) is 0 Å². The number of hydrogen-bond acceptors (Lipinski definition) is 4. The average molecular weight is 256 g/mol. The maximum Gasteiger partial charge on any atom is 0.269 e. The Morgan fingerprint density at radius 2 is 2.42 bits per heavy atom. The highest BCUT2D eigenvalue weighted by atomic mass is 16.1. The fraction of sp³-hybridized carbons (Fsp3) is 0.357. The summed E-state index contributed by atoms with van der Waals surface area (Å²) in [4.78, 5) is 15.8. The molecule has 0 bridgehead atoms. The van der Waals surface area contributed by atoms with Crippen molar-refractivity contribution < 1.29 is 4.79 Å². The summed E-state index contributed by atoms with van der Waals surface area (Å²) in [6.45, 7) is 2.55. The Morgan fingerprint density at radius 3 is 3.05 bits per heavy atom. The van der Waals surface area contributed by atoms with Crippen LogP contribution in [0.1, 0.15) is 28.9 Å². The molecule has 98 valence electrons. The van der Waals surface area contributed by atoms with Gasteiger partial charge < -0.3 is 10.6 Å². The van der Waals surface area contributed by atoms with E-state index in [1.807, 2.05) is 6.07 Å². The zero-order valence-corrected chi connectivity index (χ0v) is 10.6. The number of amides is 1. The van der Waals surface area contributed by atoms with Crippen LogP contribution in [0.5, 0.6) is 0 Å². The first-order chi connectivity index (χ1) is 9.29. The molecule has 5 nitrogen and oxygen atoms in total. The highest BCUT2D eigenvalue weighted by Crippen LogP contribution is 2.08. The van der Waals surface area contributed by atoms with Gasteiger partial charge in [0.2, 0.25) is 0 Å². The second-order valence-electron chi connectivity index (χ2n) is 4.37. The molecule has 0 saturated heterocycles. The van der Waals surface area contributed by atoms with Crippen molar-refractivity contribution in [3.8, 4) is 6.07 Å². The van der Waals surface area contributed by atoms with E-state index >= 15 is 0 Å². The van der Waals surface area contributed by atoms with Crippen molar-refractivity contribution in [2.45, 2.75) is 12.8 Å². The van der Waals surface area contributed by atoms with Crippen LogP contribution in [-0.4, -0.2) is 30.5 Å². The lowest BCUT2D eigenvalue weighted by Crippen LogP contribution is -2.27. The Bertz CT molecular complexity index is 513. The van der Waals surface area contributed by atoms with Crippen LogP contribution in [0.4, 0.5) is 0 Å². The fourth-order valence-electron chi connectivity index (χ4n) is 1.92. The van der Waals surface area contributed by atoms with Crippen LogP contribution in [0.3, 0.4) is 0 Å². The smallest absolute Gasteiger partial charge is 0.269 e. The van der Waals surface area contributed by atoms with Crippen molar-refractivity contribution >= 4 is 5.91 Å². The number of nitrogens with zero attached hydrogens (tertiary/aromatic N) is 2. The van der Waals surface area contributed by atoms with E-state index in [0.717, 1.165) is 25.9 Å². The third-order valence-electron chi connectivity index (χ3n) is 3.01. The Hall–Kier alpha value is -2.19. The number of hydrogen-bond donors (Lipinski definition) is 2. The summed E-state index contributed by atoms with van der Waals surface area (Å²) in [5.41, 5.74) is 2.18. The third-order valence-corrected chi connectivity index (χ3v) is 3.01. The van der Waals surface area contributed by atoms with Gasteiger partial charge in [-0.3, -0.25) is 4.79 Å². The van der Waals surface area contributed by atoms with Gasteiger partial charge in [-0.05, 0) is 31.5 Å². The monoisotopic (exact) mass is 256 g/mol. The van der Waals surface area contributed by atoms with Gasteiger partial charge in [0, 0.05) is 19.3 Å². The Morgan fingerprint density at radius 1 is 1.53 bits per heavy atom. The summed E-state index contributed by atoms with van der Waals surface area (Å²) in [5, 5.41) is 14.7. The predicted octanol–water partition coefficient (Wildman–Crippen LogP) is 0.993. The van der Waals surface area contributed by atoms with E-state index in [4.69, 9.17) is 5.26 Å². The molecule has 19 heavy (non-hydrogen) atoms. The van der Waals surface area contributed by atoms with Crippen molar-refractivity contribution in [3.05, 3.63) is 41.2 Å². The van der Waals surface area contributed by atoms with Crippen LogP contribution in [0.15, 0.2) is 30.0 Å². The summed E-state index contributed by atoms with van der Waals surface area (Å²) in [6, 6.07) is 5.13. The van der Waals surface area contributed by atoms with Gasteiger partial charge in [0.1, 0.15) is 11.8 Å².